The highest BCUT2D eigenvalue weighted by molar-refractivity contribution is 8.01. The smallest absolute Gasteiger partial charge is 0.295 e. The van der Waals surface area contributed by atoms with Gasteiger partial charge in [0.2, 0.25) is 0 Å². The molecule has 1 aromatic heterocycles. The number of aromatic nitrogens is 2. The summed E-state index contributed by atoms with van der Waals surface area (Å²) in [5.74, 6) is 2.07. The Labute approximate surface area is 142 Å². The molecule has 0 atom stereocenters. The van der Waals surface area contributed by atoms with Gasteiger partial charge in [-0.15, -0.1) is 16.9 Å². The lowest BCUT2D eigenvalue weighted by Crippen LogP contribution is -2.04. The fraction of sp³-hybridized carbons (Fsp3) is 0.429. The van der Waals surface area contributed by atoms with E-state index in [1.54, 1.807) is 23.5 Å². The summed E-state index contributed by atoms with van der Waals surface area (Å²) in [6.07, 6.45) is 1.24. The molecule has 21 heavy (non-hydrogen) atoms. The summed E-state index contributed by atoms with van der Waals surface area (Å²) in [7, 11) is 0. The van der Waals surface area contributed by atoms with Crippen LogP contribution in [0.15, 0.2) is 33.5 Å². The van der Waals surface area contributed by atoms with Crippen molar-refractivity contribution in [1.82, 2.24) is 10.2 Å². The maximum Gasteiger partial charge on any atom is 0.295 e. The zero-order valence-corrected chi connectivity index (χ0v) is 15.1. The number of hydrogen-bond donors (Lipinski definition) is 0. The van der Waals surface area contributed by atoms with E-state index in [1.807, 2.05) is 32.0 Å². The number of rotatable bonds is 8. The number of nitrogens with zero attached hydrogens (tertiary/aromatic N) is 2. The third-order valence-corrected chi connectivity index (χ3v) is 5.97. The van der Waals surface area contributed by atoms with Gasteiger partial charge in [0.25, 0.3) is 5.19 Å². The van der Waals surface area contributed by atoms with E-state index < -0.39 is 0 Å². The largest absolute Gasteiger partial charge is 0.466 e. The van der Waals surface area contributed by atoms with Crippen LogP contribution in [0.4, 0.5) is 0 Å². The quantitative estimate of drug-likeness (QED) is 0.474. The molecule has 2 rings (SSSR count). The van der Waals surface area contributed by atoms with E-state index in [9.17, 15) is 0 Å². The monoisotopic (exact) mass is 360 g/mol. The molecular weight excluding hydrogens is 344 g/mol. The predicted octanol–water partition coefficient (Wildman–Crippen LogP) is 5.25. The second-order valence-electron chi connectivity index (χ2n) is 4.48. The van der Waals surface area contributed by atoms with E-state index in [0.29, 0.717) is 5.19 Å². The van der Waals surface area contributed by atoms with Gasteiger partial charge in [0.15, 0.2) is 4.34 Å². The lowest BCUT2D eigenvalue weighted by Gasteiger charge is -2.03. The lowest BCUT2D eigenvalue weighted by molar-refractivity contribution is 0.239. The normalized spacial score (nSPS) is 11.0. The third kappa shape index (κ3) is 6.06. The Hall–Kier alpha value is -0.430. The summed E-state index contributed by atoms with van der Waals surface area (Å²) in [4.78, 5) is 1.15. The molecule has 0 saturated heterocycles. The van der Waals surface area contributed by atoms with Gasteiger partial charge in [-0.05, 0) is 49.5 Å². The Morgan fingerprint density at radius 1 is 1.19 bits per heavy atom. The highest BCUT2D eigenvalue weighted by Crippen LogP contribution is 2.30. The van der Waals surface area contributed by atoms with Gasteiger partial charge in [-0.2, -0.15) is 0 Å². The van der Waals surface area contributed by atoms with Crippen LogP contribution in [0.3, 0.4) is 0 Å². The van der Waals surface area contributed by atoms with Crippen LogP contribution in [0, 0.1) is 0 Å². The Kier molecular flexibility index (Phi) is 7.16. The summed E-state index contributed by atoms with van der Waals surface area (Å²) in [5.41, 5.74) is 0. The molecule has 0 aliphatic rings. The summed E-state index contributed by atoms with van der Waals surface area (Å²) in [5, 5.41) is 9.61. The molecule has 7 heteroatoms. The molecule has 0 aliphatic carbocycles. The number of ether oxygens (including phenoxy) is 1. The molecule has 0 aliphatic heterocycles. The van der Waals surface area contributed by atoms with Gasteiger partial charge in [-0.1, -0.05) is 40.6 Å². The molecular formula is C14H17ClN2OS3. The molecule has 0 unspecified atom stereocenters. The molecule has 0 amide bonds. The van der Waals surface area contributed by atoms with Crippen molar-refractivity contribution in [2.75, 3.05) is 11.5 Å². The van der Waals surface area contributed by atoms with E-state index in [4.69, 9.17) is 16.3 Å². The summed E-state index contributed by atoms with van der Waals surface area (Å²) < 4.78 is 6.47. The molecule has 1 heterocycles. The Balaban J connectivity index is 1.66. The highest BCUT2D eigenvalue weighted by atomic mass is 35.5. The summed E-state index contributed by atoms with van der Waals surface area (Å²) >= 11 is 11.1. The maximum absolute atomic E-state index is 6.12. The van der Waals surface area contributed by atoms with Crippen LogP contribution in [0.2, 0.25) is 5.02 Å². The minimum atomic E-state index is 0.142. The zero-order valence-electron chi connectivity index (χ0n) is 11.9. The van der Waals surface area contributed by atoms with E-state index in [2.05, 4.69) is 16.3 Å². The first-order valence-corrected chi connectivity index (χ1v) is 9.82. The van der Waals surface area contributed by atoms with Gasteiger partial charge in [0.05, 0.1) is 11.1 Å². The van der Waals surface area contributed by atoms with Crippen LogP contribution in [-0.4, -0.2) is 27.8 Å². The first-order valence-electron chi connectivity index (χ1n) is 6.65. The molecule has 0 N–H and O–H groups in total. The van der Waals surface area contributed by atoms with Crippen molar-refractivity contribution in [1.29, 1.82) is 0 Å². The first kappa shape index (κ1) is 16.9. The minimum Gasteiger partial charge on any atom is -0.466 e. The summed E-state index contributed by atoms with van der Waals surface area (Å²) in [6, 6.07) is 7.95. The van der Waals surface area contributed by atoms with Crippen LogP contribution in [0.1, 0.15) is 20.3 Å². The second-order valence-corrected chi connectivity index (χ2v) is 8.31. The van der Waals surface area contributed by atoms with Crippen LogP contribution in [-0.2, 0) is 0 Å². The fourth-order valence-electron chi connectivity index (χ4n) is 1.47. The average molecular weight is 361 g/mol. The molecule has 2 aromatic rings. The standard InChI is InChI=1S/C14H17ClN2OS3/c1-10(2)18-13-16-17-14(21-13)20-9-5-8-19-12-7-4-3-6-11(12)15/h3-4,6-7,10H,5,8-9H2,1-2H3. The first-order chi connectivity index (χ1) is 10.1. The molecule has 0 spiro atoms. The van der Waals surface area contributed by atoms with Gasteiger partial charge in [0, 0.05) is 10.6 Å². The van der Waals surface area contributed by atoms with Crippen molar-refractivity contribution in [3.63, 3.8) is 0 Å². The van der Waals surface area contributed by atoms with E-state index >= 15 is 0 Å². The SMILES string of the molecule is CC(C)Oc1nnc(SCCCSc2ccccc2Cl)s1. The highest BCUT2D eigenvalue weighted by Gasteiger charge is 2.07. The topological polar surface area (TPSA) is 35.0 Å². The van der Waals surface area contributed by atoms with Crippen LogP contribution < -0.4 is 4.74 Å². The van der Waals surface area contributed by atoms with Crippen LogP contribution in [0.5, 0.6) is 5.19 Å². The molecule has 0 radical (unpaired) electrons. The van der Waals surface area contributed by atoms with Crippen molar-refractivity contribution in [2.24, 2.45) is 0 Å². The molecule has 3 nitrogen and oxygen atoms in total. The van der Waals surface area contributed by atoms with Crippen molar-refractivity contribution in [3.05, 3.63) is 29.3 Å². The van der Waals surface area contributed by atoms with Gasteiger partial charge in [-0.25, -0.2) is 0 Å². The third-order valence-electron chi connectivity index (χ3n) is 2.33. The minimum absolute atomic E-state index is 0.142. The van der Waals surface area contributed by atoms with E-state index in [0.717, 1.165) is 32.2 Å². The van der Waals surface area contributed by atoms with Crippen molar-refractivity contribution in [3.8, 4) is 5.19 Å². The molecule has 0 fully saturated rings. The Bertz CT molecular complexity index is 563. The van der Waals surface area contributed by atoms with Crippen LogP contribution >= 0.6 is 46.5 Å². The number of benzene rings is 1. The predicted molar refractivity (Wildman–Crippen MR) is 93.2 cm³/mol. The molecule has 0 saturated carbocycles. The molecule has 114 valence electrons. The van der Waals surface area contributed by atoms with E-state index in [-0.39, 0.29) is 6.10 Å². The lowest BCUT2D eigenvalue weighted by atomic mass is 10.4. The number of thioether (sulfide) groups is 2. The number of halogens is 1. The van der Waals surface area contributed by atoms with Gasteiger partial charge < -0.3 is 4.74 Å². The van der Waals surface area contributed by atoms with Crippen molar-refractivity contribution >= 4 is 46.5 Å². The fourth-order valence-corrected chi connectivity index (χ4v) is 4.65. The average Bonchev–Trinajstić information content (AvgIpc) is 2.87. The summed E-state index contributed by atoms with van der Waals surface area (Å²) in [6.45, 7) is 3.97. The van der Waals surface area contributed by atoms with E-state index in [1.165, 1.54) is 11.3 Å². The molecule has 1 aromatic carbocycles. The second kappa shape index (κ2) is 8.88. The van der Waals surface area contributed by atoms with Crippen molar-refractivity contribution < 1.29 is 4.74 Å². The van der Waals surface area contributed by atoms with Gasteiger partial charge in [-0.3, -0.25) is 0 Å². The maximum atomic E-state index is 6.12. The Morgan fingerprint density at radius 3 is 2.71 bits per heavy atom. The van der Waals surface area contributed by atoms with Crippen LogP contribution in [0.25, 0.3) is 0 Å². The number of hydrogen-bond acceptors (Lipinski definition) is 6. The van der Waals surface area contributed by atoms with Crippen molar-refractivity contribution in [2.45, 2.75) is 35.6 Å². The Morgan fingerprint density at radius 2 is 1.95 bits per heavy atom. The zero-order chi connectivity index (χ0) is 15.1. The van der Waals surface area contributed by atoms with Gasteiger partial charge in [0.1, 0.15) is 0 Å². The molecule has 0 bridgehead atoms. The van der Waals surface area contributed by atoms with Gasteiger partial charge >= 0.3 is 0 Å².